The first kappa shape index (κ1) is 13.5. The average molecular weight is 263 g/mol. The molecule has 1 atom stereocenters. The van der Waals surface area contributed by atoms with E-state index >= 15 is 0 Å². The van der Waals surface area contributed by atoms with Crippen molar-refractivity contribution in [2.45, 2.75) is 12.5 Å². The molecule has 0 spiro atoms. The van der Waals surface area contributed by atoms with Crippen LogP contribution in [0.25, 0.3) is 0 Å². The van der Waals surface area contributed by atoms with Crippen molar-refractivity contribution in [3.8, 4) is 0 Å². The Hall–Kier alpha value is -1.88. The van der Waals surface area contributed by atoms with Crippen LogP contribution in [-0.2, 0) is 4.79 Å². The lowest BCUT2D eigenvalue weighted by Gasteiger charge is -2.34. The van der Waals surface area contributed by atoms with Gasteiger partial charge in [-0.05, 0) is 18.6 Å². The lowest BCUT2D eigenvalue weighted by atomic mass is 10.1. The number of carbonyl (C=O) groups excluding carboxylic acids is 1. The molecule has 102 valence electrons. The number of anilines is 2. The topological polar surface area (TPSA) is 49.6 Å². The van der Waals surface area contributed by atoms with Gasteiger partial charge in [0.2, 0.25) is 5.91 Å². The number of para-hydroxylation sites is 1. The van der Waals surface area contributed by atoms with Gasteiger partial charge in [-0.1, -0.05) is 12.1 Å². The zero-order chi connectivity index (χ0) is 14.0. The largest absolute Gasteiger partial charge is 0.364 e. The van der Waals surface area contributed by atoms with E-state index in [2.05, 4.69) is 6.58 Å². The molecule has 19 heavy (non-hydrogen) atoms. The number of amides is 1. The molecule has 0 aliphatic carbocycles. The van der Waals surface area contributed by atoms with Gasteiger partial charge >= 0.3 is 0 Å². The van der Waals surface area contributed by atoms with E-state index in [0.717, 1.165) is 0 Å². The Balaban J connectivity index is 2.55. The third-order valence-electron chi connectivity index (χ3n) is 3.35. The molecule has 0 saturated heterocycles. The smallest absolute Gasteiger partial charge is 0.243 e. The molecule has 1 aromatic rings. The van der Waals surface area contributed by atoms with E-state index in [9.17, 15) is 9.18 Å². The summed E-state index contributed by atoms with van der Waals surface area (Å²) >= 11 is 0. The predicted octanol–water partition coefficient (Wildman–Crippen LogP) is 1.51. The van der Waals surface area contributed by atoms with Gasteiger partial charge in [-0.3, -0.25) is 4.79 Å². The van der Waals surface area contributed by atoms with Crippen LogP contribution in [0.15, 0.2) is 30.9 Å². The van der Waals surface area contributed by atoms with Crippen molar-refractivity contribution < 1.29 is 9.18 Å². The average Bonchev–Trinajstić information content (AvgIpc) is 2.40. The Morgan fingerprint density at radius 3 is 3.00 bits per heavy atom. The van der Waals surface area contributed by atoms with Crippen LogP contribution < -0.4 is 15.5 Å². The third kappa shape index (κ3) is 2.46. The number of fused-ring (bicyclic) bond motifs is 1. The molecule has 1 aliphatic heterocycles. The Morgan fingerprint density at radius 1 is 1.58 bits per heavy atom. The van der Waals surface area contributed by atoms with Crippen molar-refractivity contribution in [1.29, 1.82) is 0 Å². The summed E-state index contributed by atoms with van der Waals surface area (Å²) < 4.78 is 14.1. The molecule has 1 amide bonds. The van der Waals surface area contributed by atoms with Gasteiger partial charge in [-0.15, -0.1) is 6.58 Å². The standard InChI is InChI=1S/C14H18FN3O/c1-3-8-18-9-7-11(16)14(19)17(2)12-6-4-5-10(15)13(12)18/h3-6,11H,1,7-9,16H2,2H3/t11-/m0/s1. The van der Waals surface area contributed by atoms with E-state index in [1.54, 1.807) is 25.3 Å². The van der Waals surface area contributed by atoms with Gasteiger partial charge in [0.05, 0.1) is 17.4 Å². The van der Waals surface area contributed by atoms with Gasteiger partial charge < -0.3 is 15.5 Å². The zero-order valence-electron chi connectivity index (χ0n) is 11.0. The van der Waals surface area contributed by atoms with Gasteiger partial charge in [0, 0.05) is 20.1 Å². The first-order valence-corrected chi connectivity index (χ1v) is 6.23. The highest BCUT2D eigenvalue weighted by atomic mass is 19.1. The summed E-state index contributed by atoms with van der Waals surface area (Å²) in [6, 6.07) is 4.16. The SMILES string of the molecule is C=CCN1CC[C@H](N)C(=O)N(C)c2cccc(F)c21. The van der Waals surface area contributed by atoms with Crippen LogP contribution in [0.4, 0.5) is 15.8 Å². The first-order chi connectivity index (χ1) is 9.06. The fourth-order valence-electron chi connectivity index (χ4n) is 2.32. The minimum absolute atomic E-state index is 0.190. The van der Waals surface area contributed by atoms with E-state index < -0.39 is 6.04 Å². The van der Waals surface area contributed by atoms with Crippen molar-refractivity contribution in [3.63, 3.8) is 0 Å². The second-order valence-electron chi connectivity index (χ2n) is 4.63. The van der Waals surface area contributed by atoms with Gasteiger partial charge in [-0.25, -0.2) is 4.39 Å². The third-order valence-corrected chi connectivity index (χ3v) is 3.35. The van der Waals surface area contributed by atoms with E-state index in [0.29, 0.717) is 30.9 Å². The maximum absolute atomic E-state index is 14.1. The molecule has 0 saturated carbocycles. The van der Waals surface area contributed by atoms with E-state index in [-0.39, 0.29) is 11.7 Å². The van der Waals surface area contributed by atoms with Gasteiger partial charge in [-0.2, -0.15) is 0 Å². The lowest BCUT2D eigenvalue weighted by molar-refractivity contribution is -0.119. The van der Waals surface area contributed by atoms with Gasteiger partial charge in [0.1, 0.15) is 5.82 Å². The number of likely N-dealkylation sites (N-methyl/N-ethyl adjacent to an activating group) is 1. The summed E-state index contributed by atoms with van der Waals surface area (Å²) in [4.78, 5) is 15.4. The molecule has 0 fully saturated rings. The lowest BCUT2D eigenvalue weighted by Crippen LogP contribution is -2.46. The van der Waals surface area contributed by atoms with Crippen molar-refractivity contribution in [2.24, 2.45) is 5.73 Å². The number of nitrogens with zero attached hydrogens (tertiary/aromatic N) is 2. The first-order valence-electron chi connectivity index (χ1n) is 6.23. The Kier molecular flexibility index (Phi) is 3.85. The summed E-state index contributed by atoms with van der Waals surface area (Å²) in [6.07, 6.45) is 2.20. The monoisotopic (exact) mass is 263 g/mol. The number of hydrogen-bond donors (Lipinski definition) is 1. The predicted molar refractivity (Wildman–Crippen MR) is 74.8 cm³/mol. The molecule has 4 nitrogen and oxygen atoms in total. The molecule has 0 unspecified atom stereocenters. The zero-order valence-corrected chi connectivity index (χ0v) is 11.0. The van der Waals surface area contributed by atoms with E-state index in [1.165, 1.54) is 11.0 Å². The second-order valence-corrected chi connectivity index (χ2v) is 4.63. The fourth-order valence-corrected chi connectivity index (χ4v) is 2.32. The molecule has 0 aromatic heterocycles. The maximum atomic E-state index is 14.1. The molecule has 0 radical (unpaired) electrons. The van der Waals surface area contributed by atoms with Gasteiger partial charge in [0.15, 0.2) is 0 Å². The number of benzene rings is 1. The molecular weight excluding hydrogens is 245 g/mol. The number of carbonyl (C=O) groups is 1. The van der Waals surface area contributed by atoms with Crippen LogP contribution in [0.5, 0.6) is 0 Å². The van der Waals surface area contributed by atoms with Crippen molar-refractivity contribution in [2.75, 3.05) is 29.9 Å². The quantitative estimate of drug-likeness (QED) is 0.823. The Labute approximate surface area is 112 Å². The Morgan fingerprint density at radius 2 is 2.32 bits per heavy atom. The highest BCUT2D eigenvalue weighted by Crippen LogP contribution is 2.33. The molecule has 1 heterocycles. The molecule has 5 heteroatoms. The highest BCUT2D eigenvalue weighted by Gasteiger charge is 2.28. The minimum Gasteiger partial charge on any atom is -0.364 e. The van der Waals surface area contributed by atoms with Crippen LogP contribution in [-0.4, -0.2) is 32.1 Å². The van der Waals surface area contributed by atoms with Gasteiger partial charge in [0.25, 0.3) is 0 Å². The fraction of sp³-hybridized carbons (Fsp3) is 0.357. The maximum Gasteiger partial charge on any atom is 0.243 e. The van der Waals surface area contributed by atoms with Crippen LogP contribution in [0.1, 0.15) is 6.42 Å². The van der Waals surface area contributed by atoms with Crippen LogP contribution in [0, 0.1) is 5.82 Å². The summed E-state index contributed by atoms with van der Waals surface area (Å²) in [5.74, 6) is -0.528. The minimum atomic E-state index is -0.561. The van der Waals surface area contributed by atoms with E-state index in [4.69, 9.17) is 5.73 Å². The van der Waals surface area contributed by atoms with Crippen LogP contribution in [0.3, 0.4) is 0 Å². The van der Waals surface area contributed by atoms with Crippen LogP contribution >= 0.6 is 0 Å². The van der Waals surface area contributed by atoms with Crippen molar-refractivity contribution >= 4 is 17.3 Å². The number of hydrogen-bond acceptors (Lipinski definition) is 3. The molecular formula is C14H18FN3O. The molecule has 1 aromatic carbocycles. The number of nitrogens with two attached hydrogens (primary N) is 1. The molecule has 1 aliphatic rings. The normalized spacial score (nSPS) is 19.7. The highest BCUT2D eigenvalue weighted by molar-refractivity contribution is 6.00. The van der Waals surface area contributed by atoms with E-state index in [1.807, 2.05) is 4.90 Å². The summed E-state index contributed by atoms with van der Waals surface area (Å²) in [7, 11) is 1.62. The van der Waals surface area contributed by atoms with Crippen molar-refractivity contribution in [1.82, 2.24) is 0 Å². The molecule has 2 rings (SSSR count). The summed E-state index contributed by atoms with van der Waals surface area (Å²) in [5, 5.41) is 0. The molecule has 0 bridgehead atoms. The second kappa shape index (κ2) is 5.40. The summed E-state index contributed by atoms with van der Waals surface area (Å²) in [5.41, 5.74) is 6.83. The number of halogens is 1. The molecule has 2 N–H and O–H groups in total. The Bertz CT molecular complexity index is 503. The number of rotatable bonds is 2. The summed E-state index contributed by atoms with van der Waals surface area (Å²) in [6.45, 7) is 4.73. The van der Waals surface area contributed by atoms with Crippen LogP contribution in [0.2, 0.25) is 0 Å². The van der Waals surface area contributed by atoms with Crippen molar-refractivity contribution in [3.05, 3.63) is 36.7 Å².